The van der Waals surface area contributed by atoms with Gasteiger partial charge < -0.3 is 14.9 Å². The Morgan fingerprint density at radius 3 is 2.32 bits per heavy atom. The number of ether oxygens (including phenoxy) is 1. The van der Waals surface area contributed by atoms with Crippen LogP contribution in [0.2, 0.25) is 0 Å². The molecule has 37 heavy (non-hydrogen) atoms. The Bertz CT molecular complexity index is 1010. The Balaban J connectivity index is 1.62. The third kappa shape index (κ3) is 3.41. The lowest BCUT2D eigenvalue weighted by atomic mass is 9.35. The quantitative estimate of drug-likeness (QED) is 0.372. The molecule has 4 fully saturated rings. The molecule has 2 N–H and O–H groups in total. The molecule has 0 heterocycles. The summed E-state index contributed by atoms with van der Waals surface area (Å²) >= 11 is 0. The van der Waals surface area contributed by atoms with E-state index in [1.807, 2.05) is 0 Å². The highest BCUT2D eigenvalue weighted by molar-refractivity contribution is 5.85. The molecule has 3 unspecified atom stereocenters. The number of hydrogen-bond acceptors (Lipinski definition) is 5. The predicted molar refractivity (Wildman–Crippen MR) is 143 cm³/mol. The maximum Gasteiger partial charge on any atom is 0.302 e. The van der Waals surface area contributed by atoms with Gasteiger partial charge in [0.15, 0.2) is 0 Å². The van der Waals surface area contributed by atoms with Crippen LogP contribution in [0, 0.1) is 56.7 Å². The number of ketones is 1. The van der Waals surface area contributed by atoms with Gasteiger partial charge in [0.2, 0.25) is 0 Å². The average molecular weight is 515 g/mol. The maximum absolute atomic E-state index is 12.9. The summed E-state index contributed by atoms with van der Waals surface area (Å²) in [6.07, 6.45) is 7.04. The summed E-state index contributed by atoms with van der Waals surface area (Å²) < 4.78 is 5.77. The van der Waals surface area contributed by atoms with E-state index in [2.05, 4.69) is 54.5 Å². The van der Waals surface area contributed by atoms with Gasteiger partial charge in [-0.3, -0.25) is 9.59 Å². The van der Waals surface area contributed by atoms with Crippen LogP contribution in [0.4, 0.5) is 0 Å². The van der Waals surface area contributed by atoms with E-state index in [-0.39, 0.29) is 45.4 Å². The highest BCUT2D eigenvalue weighted by atomic mass is 16.5. The average Bonchev–Trinajstić information content (AvgIpc) is 3.11. The number of rotatable bonds is 3. The third-order valence-electron chi connectivity index (χ3n) is 13.2. The van der Waals surface area contributed by atoms with Gasteiger partial charge in [0, 0.05) is 36.0 Å². The number of aliphatic hydroxyl groups excluding tert-OH is 2. The fraction of sp³-hybridized carbons (Fsp3) is 0.875. The van der Waals surface area contributed by atoms with Crippen molar-refractivity contribution in [2.24, 2.45) is 56.7 Å². The number of allylic oxidation sites excluding steroid dienone is 1. The van der Waals surface area contributed by atoms with Crippen LogP contribution in [-0.2, 0) is 14.3 Å². The summed E-state index contributed by atoms with van der Waals surface area (Å²) in [5.74, 6) is 0.925. The fourth-order valence-electron chi connectivity index (χ4n) is 11.2. The second kappa shape index (κ2) is 8.40. The molecule has 5 heteroatoms. The van der Waals surface area contributed by atoms with Crippen LogP contribution in [0.25, 0.3) is 0 Å². The molecule has 5 rings (SSSR count). The van der Waals surface area contributed by atoms with Gasteiger partial charge in [0.05, 0.1) is 18.8 Å². The first-order chi connectivity index (χ1) is 17.1. The molecule has 0 bridgehead atoms. The lowest BCUT2D eigenvalue weighted by Gasteiger charge is -2.69. The molecule has 0 aromatic heterocycles. The van der Waals surface area contributed by atoms with Crippen molar-refractivity contribution in [1.29, 1.82) is 0 Å². The van der Waals surface area contributed by atoms with Gasteiger partial charge in [0.1, 0.15) is 5.78 Å². The molecule has 0 aromatic carbocycles. The van der Waals surface area contributed by atoms with Crippen molar-refractivity contribution in [2.75, 3.05) is 6.61 Å². The molecule has 208 valence electrons. The molecule has 5 aliphatic carbocycles. The molecule has 10 atom stereocenters. The summed E-state index contributed by atoms with van der Waals surface area (Å²) in [4.78, 5) is 24.9. The summed E-state index contributed by atoms with van der Waals surface area (Å²) in [6, 6.07) is 0. The van der Waals surface area contributed by atoms with Gasteiger partial charge in [-0.25, -0.2) is 0 Å². The van der Waals surface area contributed by atoms with Crippen molar-refractivity contribution in [1.82, 2.24) is 0 Å². The molecule has 0 amide bonds. The second-order valence-corrected chi connectivity index (χ2v) is 15.2. The first-order valence-electron chi connectivity index (χ1n) is 14.8. The van der Waals surface area contributed by atoms with Crippen LogP contribution in [0.15, 0.2) is 11.6 Å². The van der Waals surface area contributed by atoms with Gasteiger partial charge >= 0.3 is 5.97 Å². The van der Waals surface area contributed by atoms with Crippen LogP contribution in [-0.4, -0.2) is 40.8 Å². The molecule has 5 aliphatic rings. The summed E-state index contributed by atoms with van der Waals surface area (Å²) in [6.45, 7) is 17.6. The number of fused-ring (bicyclic) bond motifs is 7. The third-order valence-corrected chi connectivity index (χ3v) is 13.2. The van der Waals surface area contributed by atoms with Crippen LogP contribution < -0.4 is 0 Å². The monoisotopic (exact) mass is 514 g/mol. The molecular formula is C32H50O5. The molecule has 0 saturated heterocycles. The van der Waals surface area contributed by atoms with Crippen molar-refractivity contribution in [3.8, 4) is 0 Å². The zero-order valence-electron chi connectivity index (χ0n) is 24.4. The standard InChI is InChI=1S/C32H50O5/c1-18(2)21-15-23(35)27-31(8)12-9-20-26(30(31,7)13-14-32(21,27)17-37-19(3)33)22(34)16-24-28(4,5)25(36)10-11-29(20,24)6/h9,18,21-24,26-27,34-35H,10-17H2,1-8H3/t21-,22-,23+,24?,26?,27?,29+,30-,31+,32+/m0/s1. The molecule has 0 radical (unpaired) electrons. The van der Waals surface area contributed by atoms with Crippen LogP contribution in [0.3, 0.4) is 0 Å². The van der Waals surface area contributed by atoms with E-state index in [9.17, 15) is 19.8 Å². The Morgan fingerprint density at radius 1 is 1.03 bits per heavy atom. The van der Waals surface area contributed by atoms with Crippen molar-refractivity contribution in [2.45, 2.75) is 113 Å². The van der Waals surface area contributed by atoms with Crippen molar-refractivity contribution in [3.05, 3.63) is 11.6 Å². The topological polar surface area (TPSA) is 83.8 Å². The van der Waals surface area contributed by atoms with Crippen LogP contribution in [0.5, 0.6) is 0 Å². The maximum atomic E-state index is 12.9. The number of esters is 1. The van der Waals surface area contributed by atoms with Gasteiger partial charge in [-0.05, 0) is 72.5 Å². The Kier molecular flexibility index (Phi) is 6.21. The van der Waals surface area contributed by atoms with Gasteiger partial charge in [-0.1, -0.05) is 60.1 Å². The SMILES string of the molecule is CC(=O)OC[C@@]12CC[C@@]3(C)C4C(=CC[C@]3(C)C1[C@H](O)C[C@H]2C(C)C)[C@@]1(C)CCC(=O)C(C)(C)C1C[C@@H]4O. The van der Waals surface area contributed by atoms with Crippen LogP contribution >= 0.6 is 0 Å². The lowest BCUT2D eigenvalue weighted by Crippen LogP contribution is -2.66. The van der Waals surface area contributed by atoms with Crippen molar-refractivity contribution >= 4 is 11.8 Å². The Hall–Kier alpha value is -1.20. The molecule has 4 saturated carbocycles. The normalized spacial score (nSPS) is 50.5. The van der Waals surface area contributed by atoms with E-state index in [4.69, 9.17) is 4.74 Å². The minimum absolute atomic E-state index is 0.00500. The zero-order valence-corrected chi connectivity index (χ0v) is 24.4. The van der Waals surface area contributed by atoms with Crippen molar-refractivity contribution < 1.29 is 24.5 Å². The minimum atomic E-state index is -0.500. The number of Topliss-reactive ketones (excluding diaryl/α,β-unsaturated/α-hetero) is 1. The number of carbonyl (C=O) groups is 2. The fourth-order valence-corrected chi connectivity index (χ4v) is 11.2. The molecule has 0 spiro atoms. The largest absolute Gasteiger partial charge is 0.465 e. The smallest absolute Gasteiger partial charge is 0.302 e. The van der Waals surface area contributed by atoms with Gasteiger partial charge in [-0.2, -0.15) is 0 Å². The van der Waals surface area contributed by atoms with E-state index >= 15 is 0 Å². The van der Waals surface area contributed by atoms with Gasteiger partial charge in [0.25, 0.3) is 0 Å². The minimum Gasteiger partial charge on any atom is -0.465 e. The first kappa shape index (κ1) is 27.4. The predicted octanol–water partition coefficient (Wildman–Crippen LogP) is 5.72. The van der Waals surface area contributed by atoms with E-state index in [0.717, 1.165) is 32.1 Å². The summed E-state index contributed by atoms with van der Waals surface area (Å²) in [5.41, 5.74) is 0.188. The van der Waals surface area contributed by atoms with E-state index in [0.29, 0.717) is 37.1 Å². The number of hydrogen-bond donors (Lipinski definition) is 2. The number of carbonyl (C=O) groups excluding carboxylic acids is 2. The first-order valence-corrected chi connectivity index (χ1v) is 14.8. The highest BCUT2D eigenvalue weighted by Crippen LogP contribution is 2.76. The highest BCUT2D eigenvalue weighted by Gasteiger charge is 2.73. The molecular weight excluding hydrogens is 464 g/mol. The Labute approximate surface area is 223 Å². The summed E-state index contributed by atoms with van der Waals surface area (Å²) in [7, 11) is 0. The van der Waals surface area contributed by atoms with Crippen molar-refractivity contribution in [3.63, 3.8) is 0 Å². The summed E-state index contributed by atoms with van der Waals surface area (Å²) in [5, 5.41) is 23.6. The lowest BCUT2D eigenvalue weighted by molar-refractivity contribution is -0.210. The van der Waals surface area contributed by atoms with Crippen LogP contribution in [0.1, 0.15) is 100 Å². The molecule has 0 aromatic rings. The van der Waals surface area contributed by atoms with Gasteiger partial charge in [-0.15, -0.1) is 0 Å². The number of aliphatic hydroxyl groups is 2. The Morgan fingerprint density at radius 2 is 1.70 bits per heavy atom. The van der Waals surface area contributed by atoms with E-state index < -0.39 is 17.6 Å². The molecule has 5 nitrogen and oxygen atoms in total. The zero-order chi connectivity index (χ0) is 27.3. The van der Waals surface area contributed by atoms with E-state index in [1.165, 1.54) is 12.5 Å². The van der Waals surface area contributed by atoms with E-state index in [1.54, 1.807) is 0 Å². The second-order valence-electron chi connectivity index (χ2n) is 15.2. The molecule has 0 aliphatic heterocycles.